The first-order valence-corrected chi connectivity index (χ1v) is 8.61. The molecule has 0 saturated carbocycles. The van der Waals surface area contributed by atoms with Crippen LogP contribution in [0.3, 0.4) is 0 Å². The zero-order chi connectivity index (χ0) is 19.3. The van der Waals surface area contributed by atoms with E-state index < -0.39 is 11.7 Å². The summed E-state index contributed by atoms with van der Waals surface area (Å²) in [5, 5.41) is 4.62. The number of pyridine rings is 1. The van der Waals surface area contributed by atoms with E-state index in [1.165, 1.54) is 12.3 Å². The van der Waals surface area contributed by atoms with Crippen molar-refractivity contribution >= 4 is 17.4 Å². The number of hydrogen-bond acceptors (Lipinski definition) is 3. The van der Waals surface area contributed by atoms with E-state index >= 15 is 0 Å². The van der Waals surface area contributed by atoms with Crippen LogP contribution in [-0.2, 0) is 11.0 Å². The molecule has 1 fully saturated rings. The van der Waals surface area contributed by atoms with Crippen LogP contribution in [-0.4, -0.2) is 44.1 Å². The number of H-pyrrole nitrogens is 1. The average Bonchev–Trinajstić information content (AvgIpc) is 3.17. The summed E-state index contributed by atoms with van der Waals surface area (Å²) in [6.45, 7) is 5.22. The summed E-state index contributed by atoms with van der Waals surface area (Å²) >= 11 is 0. The van der Waals surface area contributed by atoms with Crippen molar-refractivity contribution < 1.29 is 18.0 Å². The van der Waals surface area contributed by atoms with Crippen molar-refractivity contribution in [3.8, 4) is 11.3 Å². The van der Waals surface area contributed by atoms with E-state index in [0.717, 1.165) is 18.3 Å². The normalized spacial score (nSPS) is 15.6. The molecule has 4 rings (SSSR count). The fourth-order valence-electron chi connectivity index (χ4n) is 3.43. The monoisotopic (exact) mass is 377 g/mol. The zero-order valence-electron chi connectivity index (χ0n) is 14.8. The largest absolute Gasteiger partial charge is 0.418 e. The predicted molar refractivity (Wildman–Crippen MR) is 93.1 cm³/mol. The number of fused-ring (bicyclic) bond motifs is 1. The van der Waals surface area contributed by atoms with Gasteiger partial charge in [-0.25, -0.2) is 4.98 Å². The molecule has 6 nitrogen and oxygen atoms in total. The van der Waals surface area contributed by atoms with E-state index in [1.807, 2.05) is 24.6 Å². The first-order valence-electron chi connectivity index (χ1n) is 8.61. The smallest absolute Gasteiger partial charge is 0.346 e. The number of amides is 1. The van der Waals surface area contributed by atoms with Gasteiger partial charge < -0.3 is 9.88 Å². The Kier molecular flexibility index (Phi) is 3.97. The Labute approximate surface area is 153 Å². The van der Waals surface area contributed by atoms with Crippen LogP contribution in [0.15, 0.2) is 24.5 Å². The highest BCUT2D eigenvalue weighted by atomic mass is 19.4. The predicted octanol–water partition coefficient (Wildman–Crippen LogP) is 3.58. The molecule has 9 heteroatoms. The Morgan fingerprint density at radius 3 is 2.67 bits per heavy atom. The standard InChI is InChI=1S/C18H18F3N5O/c1-10(2)26-16(12-7-25(8-12)9-27)4-15(24-26)11-3-13-14(18(19,20)21)6-23-17(13)22-5-11/h3-6,9-10,12H,7-8H2,1-2H3,(H,22,23). The lowest BCUT2D eigenvalue weighted by Crippen LogP contribution is -2.44. The number of aromatic amines is 1. The van der Waals surface area contributed by atoms with Gasteiger partial charge in [0, 0.05) is 54.1 Å². The minimum atomic E-state index is -4.45. The molecule has 0 atom stereocenters. The molecule has 1 saturated heterocycles. The van der Waals surface area contributed by atoms with E-state index in [9.17, 15) is 18.0 Å². The number of halogens is 3. The zero-order valence-corrected chi connectivity index (χ0v) is 14.8. The summed E-state index contributed by atoms with van der Waals surface area (Å²) < 4.78 is 41.4. The molecule has 1 N–H and O–H groups in total. The van der Waals surface area contributed by atoms with Gasteiger partial charge in [-0.05, 0) is 26.0 Å². The second-order valence-electron chi connectivity index (χ2n) is 7.07. The molecule has 27 heavy (non-hydrogen) atoms. The number of alkyl halides is 3. The number of nitrogens with zero attached hydrogens (tertiary/aromatic N) is 4. The first-order chi connectivity index (χ1) is 12.8. The number of carbonyl (C=O) groups is 1. The van der Waals surface area contributed by atoms with Crippen LogP contribution in [0.2, 0.25) is 0 Å². The van der Waals surface area contributed by atoms with Crippen LogP contribution in [0.25, 0.3) is 22.3 Å². The highest BCUT2D eigenvalue weighted by Crippen LogP contribution is 2.36. The third-order valence-corrected chi connectivity index (χ3v) is 4.86. The highest BCUT2D eigenvalue weighted by molar-refractivity contribution is 5.84. The van der Waals surface area contributed by atoms with Crippen LogP contribution in [0.1, 0.15) is 37.1 Å². The van der Waals surface area contributed by atoms with Crippen molar-refractivity contribution in [1.29, 1.82) is 0 Å². The Balaban J connectivity index is 1.76. The lowest BCUT2D eigenvalue weighted by Gasteiger charge is -2.36. The third-order valence-electron chi connectivity index (χ3n) is 4.86. The molecule has 0 aromatic carbocycles. The number of likely N-dealkylation sites (tertiary alicyclic amines) is 1. The number of hydrogen-bond donors (Lipinski definition) is 1. The maximum atomic E-state index is 13.2. The third kappa shape index (κ3) is 2.96. The molecule has 0 aliphatic carbocycles. The van der Waals surface area contributed by atoms with Crippen LogP contribution in [0.5, 0.6) is 0 Å². The Morgan fingerprint density at radius 1 is 1.30 bits per heavy atom. The number of carbonyl (C=O) groups excluding carboxylic acids is 1. The van der Waals surface area contributed by atoms with Gasteiger partial charge >= 0.3 is 6.18 Å². The molecule has 3 aromatic rings. The van der Waals surface area contributed by atoms with Gasteiger partial charge in [-0.3, -0.25) is 9.48 Å². The maximum Gasteiger partial charge on any atom is 0.418 e. The van der Waals surface area contributed by atoms with Crippen molar-refractivity contribution in [1.82, 2.24) is 24.6 Å². The minimum absolute atomic E-state index is 0.0245. The fraction of sp³-hybridized carbons (Fsp3) is 0.389. The molecule has 1 aliphatic rings. The molecule has 3 aromatic heterocycles. The summed E-state index contributed by atoms with van der Waals surface area (Å²) in [5.41, 5.74) is 1.53. The molecule has 1 amide bonds. The van der Waals surface area contributed by atoms with Gasteiger partial charge in [0.15, 0.2) is 0 Å². The van der Waals surface area contributed by atoms with Gasteiger partial charge in [-0.1, -0.05) is 0 Å². The molecule has 0 bridgehead atoms. The van der Waals surface area contributed by atoms with Gasteiger partial charge in [0.2, 0.25) is 6.41 Å². The van der Waals surface area contributed by atoms with Gasteiger partial charge in [0.05, 0.1) is 11.3 Å². The topological polar surface area (TPSA) is 66.8 Å². The molecule has 142 valence electrons. The number of rotatable bonds is 4. The number of nitrogens with one attached hydrogen (secondary N) is 1. The highest BCUT2D eigenvalue weighted by Gasteiger charge is 2.34. The van der Waals surface area contributed by atoms with Crippen molar-refractivity contribution in [3.63, 3.8) is 0 Å². The molecule has 4 heterocycles. The van der Waals surface area contributed by atoms with Gasteiger partial charge in [-0.15, -0.1) is 0 Å². The van der Waals surface area contributed by atoms with Crippen LogP contribution in [0.4, 0.5) is 13.2 Å². The van der Waals surface area contributed by atoms with Crippen molar-refractivity contribution in [2.24, 2.45) is 0 Å². The fourth-order valence-corrected chi connectivity index (χ4v) is 3.43. The van der Waals surface area contributed by atoms with E-state index in [1.54, 1.807) is 4.90 Å². The summed E-state index contributed by atoms with van der Waals surface area (Å²) in [4.78, 5) is 19.2. The Bertz CT molecular complexity index is 998. The first kappa shape index (κ1) is 17.6. The SMILES string of the molecule is CC(C)n1nc(-c2cnc3[nH]cc(C(F)(F)F)c3c2)cc1C1CN(C=O)C1. The van der Waals surface area contributed by atoms with Crippen LogP contribution < -0.4 is 0 Å². The quantitative estimate of drug-likeness (QED) is 0.707. The van der Waals surface area contributed by atoms with Gasteiger partial charge in [0.25, 0.3) is 0 Å². The summed E-state index contributed by atoms with van der Waals surface area (Å²) in [5.74, 6) is 0.175. The van der Waals surface area contributed by atoms with E-state index in [4.69, 9.17) is 0 Å². The van der Waals surface area contributed by atoms with E-state index in [-0.39, 0.29) is 23.0 Å². The lowest BCUT2D eigenvalue weighted by molar-refractivity contribution is -0.136. The number of aromatic nitrogens is 4. The van der Waals surface area contributed by atoms with Crippen LogP contribution >= 0.6 is 0 Å². The van der Waals surface area contributed by atoms with E-state index in [0.29, 0.717) is 24.3 Å². The second kappa shape index (κ2) is 6.11. The van der Waals surface area contributed by atoms with Crippen molar-refractivity contribution in [3.05, 3.63) is 35.8 Å². The average molecular weight is 377 g/mol. The molecular formula is C18H18F3N5O. The minimum Gasteiger partial charge on any atom is -0.346 e. The van der Waals surface area contributed by atoms with Gasteiger partial charge in [0.1, 0.15) is 5.65 Å². The summed E-state index contributed by atoms with van der Waals surface area (Å²) in [6, 6.07) is 3.45. The Morgan fingerprint density at radius 2 is 2.04 bits per heavy atom. The van der Waals surface area contributed by atoms with Gasteiger partial charge in [-0.2, -0.15) is 18.3 Å². The molecule has 0 spiro atoms. The lowest BCUT2D eigenvalue weighted by atomic mass is 9.96. The summed E-state index contributed by atoms with van der Waals surface area (Å²) in [7, 11) is 0. The Hall–Kier alpha value is -2.84. The molecule has 1 aliphatic heterocycles. The van der Waals surface area contributed by atoms with Crippen LogP contribution in [0, 0.1) is 0 Å². The second-order valence-corrected chi connectivity index (χ2v) is 7.07. The van der Waals surface area contributed by atoms with Crippen molar-refractivity contribution in [2.75, 3.05) is 13.1 Å². The molecule has 0 unspecified atom stereocenters. The molecular weight excluding hydrogens is 359 g/mol. The summed E-state index contributed by atoms with van der Waals surface area (Å²) in [6.07, 6.45) is -1.18. The molecule has 0 radical (unpaired) electrons. The van der Waals surface area contributed by atoms with Crippen molar-refractivity contribution in [2.45, 2.75) is 32.0 Å². The van der Waals surface area contributed by atoms with E-state index in [2.05, 4.69) is 15.1 Å². The maximum absolute atomic E-state index is 13.2.